The summed E-state index contributed by atoms with van der Waals surface area (Å²) < 4.78 is 16.5. The van der Waals surface area contributed by atoms with Crippen LogP contribution in [0, 0.1) is 0 Å². The molecule has 20 heavy (non-hydrogen) atoms. The zero-order valence-electron chi connectivity index (χ0n) is 11.4. The van der Waals surface area contributed by atoms with E-state index in [1.165, 1.54) is 0 Å². The van der Waals surface area contributed by atoms with E-state index in [4.69, 9.17) is 14.2 Å². The topological polar surface area (TPSA) is 57.1 Å². The van der Waals surface area contributed by atoms with Crippen LogP contribution in [-0.2, 0) is 15.1 Å². The van der Waals surface area contributed by atoms with Crippen LogP contribution < -0.4 is 9.47 Å². The van der Waals surface area contributed by atoms with Crippen molar-refractivity contribution in [1.82, 2.24) is 0 Å². The highest BCUT2D eigenvalue weighted by Crippen LogP contribution is 2.50. The fourth-order valence-corrected chi connectivity index (χ4v) is 2.65. The third-order valence-corrected chi connectivity index (χ3v) is 4.03. The van der Waals surface area contributed by atoms with Gasteiger partial charge in [-0.1, -0.05) is 12.1 Å². The first kappa shape index (κ1) is 13.2. The van der Waals surface area contributed by atoms with Gasteiger partial charge in [-0.05, 0) is 25.3 Å². The minimum atomic E-state index is -0.490. The van der Waals surface area contributed by atoms with Gasteiger partial charge in [0.25, 0.3) is 0 Å². The van der Waals surface area contributed by atoms with E-state index < -0.39 is 5.54 Å². The van der Waals surface area contributed by atoms with Crippen LogP contribution in [0.4, 0.5) is 0 Å². The number of carbonyl (C=O) groups excluding carboxylic acids is 1. The highest BCUT2D eigenvalue weighted by atomic mass is 16.6. The third-order valence-electron chi connectivity index (χ3n) is 4.03. The Morgan fingerprint density at radius 2 is 2.20 bits per heavy atom. The number of rotatable bonds is 5. The van der Waals surface area contributed by atoms with E-state index in [1.54, 1.807) is 13.2 Å². The number of para-hydroxylation sites is 1. The van der Waals surface area contributed by atoms with E-state index in [0.717, 1.165) is 24.8 Å². The predicted octanol–water partition coefficient (Wildman–Crippen LogP) is 2.19. The second kappa shape index (κ2) is 5.27. The maximum absolute atomic E-state index is 10.8. The lowest BCUT2D eigenvalue weighted by atomic mass is 9.72. The fourth-order valence-electron chi connectivity index (χ4n) is 2.65. The zero-order chi connectivity index (χ0) is 14.0. The van der Waals surface area contributed by atoms with Crippen LogP contribution in [0.5, 0.6) is 11.5 Å². The van der Waals surface area contributed by atoms with Gasteiger partial charge in [-0.3, -0.25) is 0 Å². The summed E-state index contributed by atoms with van der Waals surface area (Å²) in [6.07, 6.45) is 4.48. The molecule has 5 heteroatoms. The number of hydrogen-bond acceptors (Lipinski definition) is 5. The number of hydrogen-bond donors (Lipinski definition) is 0. The SMILES string of the molecule is COc1cccc(C2(N=C=O)CCC2)c1OC1COC1. The summed E-state index contributed by atoms with van der Waals surface area (Å²) in [5, 5.41) is 0. The second-order valence-corrected chi connectivity index (χ2v) is 5.20. The Labute approximate surface area is 117 Å². The molecule has 0 atom stereocenters. The van der Waals surface area contributed by atoms with E-state index in [-0.39, 0.29) is 6.10 Å². The standard InChI is InChI=1S/C15H17NO4/c1-18-13-5-2-4-12(14(13)20-11-8-19-9-11)15(16-10-17)6-3-7-15/h2,4-5,11H,3,6-9H2,1H3. The van der Waals surface area contributed by atoms with Gasteiger partial charge < -0.3 is 14.2 Å². The molecule has 1 aliphatic carbocycles. The highest BCUT2D eigenvalue weighted by Gasteiger charge is 2.42. The van der Waals surface area contributed by atoms with Gasteiger partial charge in [0.1, 0.15) is 11.6 Å². The van der Waals surface area contributed by atoms with Crippen molar-refractivity contribution in [3.63, 3.8) is 0 Å². The van der Waals surface area contributed by atoms with Crippen molar-refractivity contribution in [2.75, 3.05) is 20.3 Å². The van der Waals surface area contributed by atoms with Crippen LogP contribution in [0.15, 0.2) is 23.2 Å². The lowest BCUT2D eigenvalue weighted by molar-refractivity contribution is -0.0812. The lowest BCUT2D eigenvalue weighted by Crippen LogP contribution is -2.40. The number of benzene rings is 1. The van der Waals surface area contributed by atoms with Gasteiger partial charge in [-0.2, -0.15) is 4.99 Å². The normalized spacial score (nSPS) is 20.2. The number of methoxy groups -OCH3 is 1. The summed E-state index contributed by atoms with van der Waals surface area (Å²) in [6, 6.07) is 5.71. The Morgan fingerprint density at radius 3 is 2.70 bits per heavy atom. The zero-order valence-corrected chi connectivity index (χ0v) is 11.4. The Bertz CT molecular complexity index is 543. The van der Waals surface area contributed by atoms with E-state index in [9.17, 15) is 4.79 Å². The number of ether oxygens (including phenoxy) is 3. The molecule has 0 radical (unpaired) electrons. The molecule has 1 heterocycles. The smallest absolute Gasteiger partial charge is 0.235 e. The van der Waals surface area contributed by atoms with E-state index in [0.29, 0.717) is 24.7 Å². The van der Waals surface area contributed by atoms with Crippen LogP contribution in [0.2, 0.25) is 0 Å². The van der Waals surface area contributed by atoms with Crippen molar-refractivity contribution in [1.29, 1.82) is 0 Å². The fraction of sp³-hybridized carbons (Fsp3) is 0.533. The van der Waals surface area contributed by atoms with Gasteiger partial charge in [0.15, 0.2) is 11.5 Å². The quantitative estimate of drug-likeness (QED) is 0.610. The van der Waals surface area contributed by atoms with Crippen molar-refractivity contribution in [3.8, 4) is 11.5 Å². The molecule has 1 aromatic rings. The minimum Gasteiger partial charge on any atom is -0.493 e. The van der Waals surface area contributed by atoms with Crippen molar-refractivity contribution < 1.29 is 19.0 Å². The van der Waals surface area contributed by atoms with Crippen molar-refractivity contribution in [3.05, 3.63) is 23.8 Å². The summed E-state index contributed by atoms with van der Waals surface area (Å²) >= 11 is 0. The molecular formula is C15H17NO4. The molecule has 1 saturated heterocycles. The van der Waals surface area contributed by atoms with Gasteiger partial charge >= 0.3 is 0 Å². The first-order valence-electron chi connectivity index (χ1n) is 6.80. The second-order valence-electron chi connectivity index (χ2n) is 5.20. The van der Waals surface area contributed by atoms with E-state index in [1.807, 2.05) is 18.2 Å². The lowest BCUT2D eigenvalue weighted by Gasteiger charge is -2.39. The Balaban J connectivity index is 2.01. The first-order chi connectivity index (χ1) is 9.79. The molecule has 5 nitrogen and oxygen atoms in total. The van der Waals surface area contributed by atoms with E-state index in [2.05, 4.69) is 4.99 Å². The Morgan fingerprint density at radius 1 is 1.40 bits per heavy atom. The molecule has 0 bridgehead atoms. The Kier molecular flexibility index (Phi) is 3.47. The molecule has 1 saturated carbocycles. The first-order valence-corrected chi connectivity index (χ1v) is 6.80. The maximum atomic E-state index is 10.8. The van der Waals surface area contributed by atoms with E-state index >= 15 is 0 Å². The maximum Gasteiger partial charge on any atom is 0.235 e. The van der Waals surface area contributed by atoms with Gasteiger partial charge in [0.05, 0.1) is 20.3 Å². The predicted molar refractivity (Wildman–Crippen MR) is 71.9 cm³/mol. The monoisotopic (exact) mass is 275 g/mol. The molecule has 3 rings (SSSR count). The number of nitrogens with zero attached hydrogens (tertiary/aromatic N) is 1. The van der Waals surface area contributed by atoms with Crippen LogP contribution >= 0.6 is 0 Å². The van der Waals surface area contributed by atoms with Crippen LogP contribution in [0.1, 0.15) is 24.8 Å². The van der Waals surface area contributed by atoms with Crippen LogP contribution in [-0.4, -0.2) is 32.5 Å². The average molecular weight is 275 g/mol. The van der Waals surface area contributed by atoms with Crippen molar-refractivity contribution >= 4 is 6.08 Å². The summed E-state index contributed by atoms with van der Waals surface area (Å²) in [7, 11) is 1.61. The molecule has 1 aromatic carbocycles. The molecule has 2 aliphatic rings. The average Bonchev–Trinajstić information content (AvgIpc) is 2.38. The largest absolute Gasteiger partial charge is 0.493 e. The summed E-state index contributed by atoms with van der Waals surface area (Å²) in [5.74, 6) is 1.35. The van der Waals surface area contributed by atoms with Crippen molar-refractivity contribution in [2.24, 2.45) is 4.99 Å². The van der Waals surface area contributed by atoms with Crippen LogP contribution in [0.3, 0.4) is 0 Å². The molecule has 0 N–H and O–H groups in total. The molecule has 0 spiro atoms. The molecule has 0 unspecified atom stereocenters. The molecule has 1 aliphatic heterocycles. The molecule has 0 aromatic heterocycles. The molecular weight excluding hydrogens is 258 g/mol. The van der Waals surface area contributed by atoms with Gasteiger partial charge in [-0.15, -0.1) is 0 Å². The third kappa shape index (κ3) is 2.09. The minimum absolute atomic E-state index is 0.0439. The van der Waals surface area contributed by atoms with Gasteiger partial charge in [-0.25, -0.2) is 4.79 Å². The van der Waals surface area contributed by atoms with Crippen molar-refractivity contribution in [2.45, 2.75) is 30.9 Å². The number of aliphatic imine (C=N–C) groups is 1. The summed E-state index contributed by atoms with van der Waals surface area (Å²) in [4.78, 5) is 14.8. The Hall–Kier alpha value is -1.84. The molecule has 0 amide bonds. The van der Waals surface area contributed by atoms with Gasteiger partial charge in [0.2, 0.25) is 6.08 Å². The number of isocyanates is 1. The summed E-state index contributed by atoms with van der Waals surface area (Å²) in [6.45, 7) is 1.17. The van der Waals surface area contributed by atoms with Gasteiger partial charge in [0, 0.05) is 5.56 Å². The summed E-state index contributed by atoms with van der Waals surface area (Å²) in [5.41, 5.74) is 0.425. The molecule has 106 valence electrons. The molecule has 2 fully saturated rings. The van der Waals surface area contributed by atoms with Crippen LogP contribution in [0.25, 0.3) is 0 Å². The highest BCUT2D eigenvalue weighted by molar-refractivity contribution is 5.52.